The molecule has 0 aromatic heterocycles. The Kier molecular flexibility index (Phi) is 46.9. The molecular formula is C81H146O18. The lowest BCUT2D eigenvalue weighted by Crippen LogP contribution is -2.38. The molecule has 0 spiro atoms. The van der Waals surface area contributed by atoms with Gasteiger partial charge >= 0.3 is 35.8 Å². The van der Waals surface area contributed by atoms with Crippen molar-refractivity contribution in [2.75, 3.05) is 33.0 Å². The molecule has 0 aromatic carbocycles. The number of ether oxygens (including phenoxy) is 6. The van der Waals surface area contributed by atoms with Crippen molar-refractivity contribution in [2.45, 2.75) is 375 Å². The SMILES string of the molecule is CC(C)C1CCC(COC(=O)C2CCCCC2O)CC1.CC1CC(OC(=O)C2CCCCC2O)CC(C)(C)C1.CCCCC(CC)COC(=O)C1CCCCC1O.CCCCCOC(=O)C1CCCCC1O.CCCCOC(=O)C1CCCCC1O.CCCOC(=O)C1CCCCC1O. The molecule has 8 saturated carbocycles. The molecule has 0 heterocycles. The Morgan fingerprint density at radius 1 is 0.394 bits per heavy atom. The van der Waals surface area contributed by atoms with E-state index in [0.29, 0.717) is 50.8 Å². The van der Waals surface area contributed by atoms with Crippen molar-refractivity contribution in [3.05, 3.63) is 0 Å². The first-order chi connectivity index (χ1) is 47.4. The third-order valence-electron chi connectivity index (χ3n) is 22.3. The molecule has 6 N–H and O–H groups in total. The van der Waals surface area contributed by atoms with E-state index < -0.39 is 36.6 Å². The molecule has 8 rings (SSSR count). The van der Waals surface area contributed by atoms with Gasteiger partial charge in [0.05, 0.1) is 105 Å². The van der Waals surface area contributed by atoms with Gasteiger partial charge in [-0.2, -0.15) is 0 Å². The molecule has 8 aliphatic carbocycles. The highest BCUT2D eigenvalue weighted by Crippen LogP contribution is 2.41. The van der Waals surface area contributed by atoms with Gasteiger partial charge in [0.2, 0.25) is 0 Å². The Hall–Kier alpha value is -3.42. The predicted octanol–water partition coefficient (Wildman–Crippen LogP) is 15.8. The number of hydrogen-bond acceptors (Lipinski definition) is 18. The fraction of sp³-hybridized carbons (Fsp3) is 0.926. The summed E-state index contributed by atoms with van der Waals surface area (Å²) in [6.07, 6.45) is 37.2. The van der Waals surface area contributed by atoms with Gasteiger partial charge in [-0.3, -0.25) is 28.8 Å². The van der Waals surface area contributed by atoms with E-state index in [9.17, 15) is 59.4 Å². The van der Waals surface area contributed by atoms with Gasteiger partial charge in [-0.25, -0.2) is 0 Å². The van der Waals surface area contributed by atoms with Gasteiger partial charge in [0.15, 0.2) is 0 Å². The van der Waals surface area contributed by atoms with E-state index in [-0.39, 0.29) is 82.8 Å². The van der Waals surface area contributed by atoms with E-state index in [2.05, 4.69) is 62.3 Å². The minimum Gasteiger partial charge on any atom is -0.465 e. The summed E-state index contributed by atoms with van der Waals surface area (Å²) in [5.74, 6) is 0.508. The van der Waals surface area contributed by atoms with E-state index in [1.54, 1.807) is 0 Å². The molecule has 8 fully saturated rings. The summed E-state index contributed by atoms with van der Waals surface area (Å²) in [6.45, 7) is 24.4. The zero-order chi connectivity index (χ0) is 73.1. The first-order valence-electron chi connectivity index (χ1n) is 40.5. The van der Waals surface area contributed by atoms with Crippen LogP contribution >= 0.6 is 0 Å². The van der Waals surface area contributed by atoms with Crippen molar-refractivity contribution >= 4 is 35.8 Å². The van der Waals surface area contributed by atoms with Crippen LogP contribution in [0.15, 0.2) is 0 Å². The summed E-state index contributed by atoms with van der Waals surface area (Å²) in [5, 5.41) is 58.4. The van der Waals surface area contributed by atoms with Crippen LogP contribution in [0.4, 0.5) is 0 Å². The van der Waals surface area contributed by atoms with Crippen LogP contribution in [0.2, 0.25) is 0 Å². The molecule has 0 bridgehead atoms. The molecule has 8 aliphatic rings. The molecule has 18 nitrogen and oxygen atoms in total. The lowest BCUT2D eigenvalue weighted by Gasteiger charge is -2.39. The maximum Gasteiger partial charge on any atom is 0.311 e. The Bertz CT molecular complexity index is 2160. The van der Waals surface area contributed by atoms with E-state index in [0.717, 1.165) is 230 Å². The Labute approximate surface area is 599 Å². The number of rotatable bonds is 25. The summed E-state index contributed by atoms with van der Waals surface area (Å²) in [4.78, 5) is 70.6. The van der Waals surface area contributed by atoms with Crippen LogP contribution in [-0.4, -0.2) is 142 Å². The largest absolute Gasteiger partial charge is 0.465 e. The molecule has 15 atom stereocenters. The zero-order valence-electron chi connectivity index (χ0n) is 64.0. The van der Waals surface area contributed by atoms with Crippen LogP contribution in [-0.2, 0) is 57.2 Å². The molecule has 578 valence electrons. The van der Waals surface area contributed by atoms with Gasteiger partial charge in [0.25, 0.3) is 0 Å². The van der Waals surface area contributed by atoms with Crippen LogP contribution in [0, 0.1) is 70.5 Å². The third-order valence-corrected chi connectivity index (χ3v) is 22.3. The Morgan fingerprint density at radius 3 is 1.10 bits per heavy atom. The van der Waals surface area contributed by atoms with Crippen molar-refractivity contribution in [1.82, 2.24) is 0 Å². The first kappa shape index (κ1) is 89.8. The third kappa shape index (κ3) is 36.2. The van der Waals surface area contributed by atoms with Gasteiger partial charge < -0.3 is 59.1 Å². The molecule has 99 heavy (non-hydrogen) atoms. The second-order valence-electron chi connectivity index (χ2n) is 32.0. The molecular weight excluding hydrogens is 1260 g/mol. The van der Waals surface area contributed by atoms with Crippen molar-refractivity contribution in [1.29, 1.82) is 0 Å². The maximum absolute atomic E-state index is 12.2. The normalized spacial score (nSPS) is 30.8. The van der Waals surface area contributed by atoms with Crippen LogP contribution < -0.4 is 0 Å². The van der Waals surface area contributed by atoms with Crippen LogP contribution in [0.3, 0.4) is 0 Å². The molecule has 0 amide bonds. The molecule has 0 radical (unpaired) electrons. The second kappa shape index (κ2) is 51.7. The first-order valence-corrected chi connectivity index (χ1v) is 40.5. The Balaban J connectivity index is 0.000000311. The van der Waals surface area contributed by atoms with Crippen LogP contribution in [0.25, 0.3) is 0 Å². The predicted molar refractivity (Wildman–Crippen MR) is 388 cm³/mol. The zero-order valence-corrected chi connectivity index (χ0v) is 64.0. The monoisotopic (exact) mass is 1410 g/mol. The number of aliphatic hydroxyl groups excluding tert-OH is 6. The standard InChI is InChI=1S/C17H30O3.C16H28O3.C15H28O3.C12H22O3.C11H20O3.C10H18O3/c1-12(2)14-9-7-13(8-10-14)11-20-17(19)15-5-3-4-6-16(15)18;1-11-8-12(10-16(2,3)9-11)19-15(18)13-6-4-5-7-14(13)17;1-3-5-8-12(4-2)11-18-15(17)13-9-6-7-10-14(13)16;1-2-3-6-9-15-12(14)10-7-4-5-8-11(10)13;1-2-3-8-14-11(13)9-6-4-5-7-10(9)12;1-2-7-13-10(12)8-5-3-4-6-9(8)11/h12-16,18H,3-11H2,1-2H3;11-14,17H,4-10H2,1-3H3;12-14,16H,3-11H2,1-2H3;10-11,13H,2-9H2,1H3;9-10,12H,2-8H2,1H3;8-9,11H,2-7H2,1H3. The number of aliphatic hydroxyl groups is 6. The lowest BCUT2D eigenvalue weighted by atomic mass is 9.71. The Morgan fingerprint density at radius 2 is 0.747 bits per heavy atom. The second-order valence-corrected chi connectivity index (χ2v) is 32.0. The number of hydrogen-bond donors (Lipinski definition) is 6. The topological polar surface area (TPSA) is 279 Å². The summed E-state index contributed by atoms with van der Waals surface area (Å²) in [6, 6.07) is 0. The molecule has 18 heteroatoms. The number of unbranched alkanes of at least 4 members (excludes halogenated alkanes) is 4. The van der Waals surface area contributed by atoms with Crippen molar-refractivity contribution in [3.8, 4) is 0 Å². The highest BCUT2D eigenvalue weighted by molar-refractivity contribution is 5.75. The number of carbonyl (C=O) groups excluding carboxylic acids is 6. The number of carbonyl (C=O) groups is 6. The summed E-state index contributed by atoms with van der Waals surface area (Å²) >= 11 is 0. The summed E-state index contributed by atoms with van der Waals surface area (Å²) in [5.41, 5.74) is 0.258. The van der Waals surface area contributed by atoms with Crippen LogP contribution in [0.5, 0.6) is 0 Å². The fourth-order valence-corrected chi connectivity index (χ4v) is 15.8. The van der Waals surface area contributed by atoms with Crippen LogP contribution in [0.1, 0.15) is 332 Å². The van der Waals surface area contributed by atoms with Gasteiger partial charge in [-0.1, -0.05) is 185 Å². The van der Waals surface area contributed by atoms with Gasteiger partial charge in [0.1, 0.15) is 6.10 Å². The average molecular weight is 1410 g/mol. The van der Waals surface area contributed by atoms with E-state index >= 15 is 0 Å². The molecule has 0 aliphatic heterocycles. The number of esters is 6. The van der Waals surface area contributed by atoms with Crippen molar-refractivity contribution < 1.29 is 87.8 Å². The fourth-order valence-electron chi connectivity index (χ4n) is 15.8. The maximum atomic E-state index is 12.2. The minimum absolute atomic E-state index is 0.0420. The summed E-state index contributed by atoms with van der Waals surface area (Å²) in [7, 11) is 0. The van der Waals surface area contributed by atoms with E-state index in [1.807, 2.05) is 6.92 Å². The van der Waals surface area contributed by atoms with Gasteiger partial charge in [0, 0.05) is 0 Å². The van der Waals surface area contributed by atoms with Crippen molar-refractivity contribution in [3.63, 3.8) is 0 Å². The molecule has 0 saturated heterocycles. The minimum atomic E-state index is -0.490. The van der Waals surface area contributed by atoms with Gasteiger partial charge in [-0.15, -0.1) is 0 Å². The average Bonchev–Trinajstić information content (AvgIpc) is 0.892. The quantitative estimate of drug-likeness (QED) is 0.0281. The van der Waals surface area contributed by atoms with Crippen molar-refractivity contribution in [2.24, 2.45) is 70.5 Å². The van der Waals surface area contributed by atoms with Gasteiger partial charge in [-0.05, 0) is 183 Å². The lowest BCUT2D eigenvalue weighted by molar-refractivity contribution is -0.164. The van der Waals surface area contributed by atoms with E-state index in [1.165, 1.54) is 44.9 Å². The highest BCUT2D eigenvalue weighted by atomic mass is 16.6. The molecule has 15 unspecified atom stereocenters. The van der Waals surface area contributed by atoms with E-state index in [4.69, 9.17) is 28.4 Å². The summed E-state index contributed by atoms with van der Waals surface area (Å²) < 4.78 is 31.9. The highest BCUT2D eigenvalue weighted by Gasteiger charge is 2.39. The smallest absolute Gasteiger partial charge is 0.311 e. The molecule has 0 aromatic rings.